The van der Waals surface area contributed by atoms with E-state index >= 15 is 0 Å². The highest BCUT2D eigenvalue weighted by atomic mass is 16.5. The van der Waals surface area contributed by atoms with E-state index in [0.29, 0.717) is 26.2 Å². The number of nitrogens with one attached hydrogen (secondary N) is 1. The van der Waals surface area contributed by atoms with Gasteiger partial charge in [0.2, 0.25) is 0 Å². The van der Waals surface area contributed by atoms with Crippen LogP contribution in [0, 0.1) is 6.92 Å². The summed E-state index contributed by atoms with van der Waals surface area (Å²) in [5.74, 6) is -1.01. The van der Waals surface area contributed by atoms with Crippen molar-refractivity contribution in [2.75, 3.05) is 26.2 Å². The summed E-state index contributed by atoms with van der Waals surface area (Å²) in [5, 5.41) is 15.5. The molecule has 1 aliphatic rings. The first-order chi connectivity index (χ1) is 9.88. The van der Waals surface area contributed by atoms with Crippen molar-refractivity contribution in [3.63, 3.8) is 0 Å². The van der Waals surface area contributed by atoms with Gasteiger partial charge in [0.15, 0.2) is 0 Å². The monoisotopic (exact) mass is 296 g/mol. The minimum atomic E-state index is -1.01. The molecule has 0 aromatic carbocycles. The molecule has 21 heavy (non-hydrogen) atoms. The summed E-state index contributed by atoms with van der Waals surface area (Å²) in [6, 6.07) is -0.171. The van der Waals surface area contributed by atoms with Gasteiger partial charge in [0.25, 0.3) is 0 Å². The van der Waals surface area contributed by atoms with Crippen LogP contribution in [-0.2, 0) is 16.1 Å². The molecule has 1 aliphatic heterocycles. The van der Waals surface area contributed by atoms with E-state index in [0.717, 1.165) is 5.56 Å². The van der Waals surface area contributed by atoms with Gasteiger partial charge in [-0.3, -0.25) is 4.68 Å². The molecule has 1 saturated heterocycles. The van der Waals surface area contributed by atoms with Gasteiger partial charge < -0.3 is 20.1 Å². The second kappa shape index (κ2) is 6.13. The Bertz CT molecular complexity index is 522. The molecule has 2 amide bonds. The van der Waals surface area contributed by atoms with Crippen LogP contribution >= 0.6 is 0 Å². The molecule has 2 N–H and O–H groups in total. The molecule has 8 heteroatoms. The lowest BCUT2D eigenvalue weighted by atomic mass is 9.97. The van der Waals surface area contributed by atoms with E-state index in [1.54, 1.807) is 22.7 Å². The van der Waals surface area contributed by atoms with E-state index < -0.39 is 11.6 Å². The van der Waals surface area contributed by atoms with E-state index in [4.69, 9.17) is 9.84 Å². The SMILES string of the molecule is Cc1cnn(CCNC(=O)N2CC(C)(OCC(=O)O)C2)c1. The Kier molecular flexibility index (Phi) is 4.46. The molecular formula is C13H20N4O4. The summed E-state index contributed by atoms with van der Waals surface area (Å²) in [5.41, 5.74) is 0.518. The first-order valence-electron chi connectivity index (χ1n) is 6.75. The molecule has 0 atom stereocenters. The summed E-state index contributed by atoms with van der Waals surface area (Å²) in [6.07, 6.45) is 3.68. The molecule has 0 spiro atoms. The number of aromatic nitrogens is 2. The maximum absolute atomic E-state index is 11.9. The average Bonchev–Trinajstić information content (AvgIpc) is 2.78. The number of hydrogen-bond acceptors (Lipinski definition) is 4. The molecule has 1 aromatic heterocycles. The lowest BCUT2D eigenvalue weighted by Crippen LogP contribution is -2.65. The van der Waals surface area contributed by atoms with Gasteiger partial charge >= 0.3 is 12.0 Å². The Morgan fingerprint density at radius 2 is 2.24 bits per heavy atom. The van der Waals surface area contributed by atoms with Crippen LogP contribution < -0.4 is 5.32 Å². The fraction of sp³-hybridized carbons (Fsp3) is 0.615. The normalized spacial score (nSPS) is 16.4. The highest BCUT2D eigenvalue weighted by Gasteiger charge is 2.42. The minimum Gasteiger partial charge on any atom is -0.480 e. The van der Waals surface area contributed by atoms with Crippen LogP contribution in [0.2, 0.25) is 0 Å². The van der Waals surface area contributed by atoms with Gasteiger partial charge in [0, 0.05) is 12.7 Å². The molecule has 1 fully saturated rings. The highest BCUT2D eigenvalue weighted by molar-refractivity contribution is 5.75. The Hall–Kier alpha value is -2.09. The van der Waals surface area contributed by atoms with Crippen LogP contribution in [0.1, 0.15) is 12.5 Å². The van der Waals surface area contributed by atoms with E-state index in [1.165, 1.54) is 0 Å². The molecular weight excluding hydrogens is 276 g/mol. The molecule has 1 aromatic rings. The van der Waals surface area contributed by atoms with E-state index in [1.807, 2.05) is 13.1 Å². The first kappa shape index (κ1) is 15.3. The number of hydrogen-bond donors (Lipinski definition) is 2. The number of nitrogens with zero attached hydrogens (tertiary/aromatic N) is 3. The molecule has 116 valence electrons. The molecule has 0 unspecified atom stereocenters. The quantitative estimate of drug-likeness (QED) is 0.774. The van der Waals surface area contributed by atoms with Gasteiger partial charge in [-0.25, -0.2) is 9.59 Å². The van der Waals surface area contributed by atoms with Gasteiger partial charge in [-0.05, 0) is 19.4 Å². The third-order valence-electron chi connectivity index (χ3n) is 3.26. The Morgan fingerprint density at radius 1 is 1.52 bits per heavy atom. The summed E-state index contributed by atoms with van der Waals surface area (Å²) >= 11 is 0. The number of carboxylic acids is 1. The molecule has 0 aliphatic carbocycles. The second-order valence-electron chi connectivity index (χ2n) is 5.50. The number of rotatable bonds is 6. The van der Waals surface area contributed by atoms with Crippen molar-refractivity contribution in [3.05, 3.63) is 18.0 Å². The Balaban J connectivity index is 1.65. The topological polar surface area (TPSA) is 96.7 Å². The number of aliphatic carboxylic acids is 1. The maximum Gasteiger partial charge on any atom is 0.329 e. The van der Waals surface area contributed by atoms with Gasteiger partial charge in [-0.15, -0.1) is 0 Å². The second-order valence-corrected chi connectivity index (χ2v) is 5.50. The van der Waals surface area contributed by atoms with E-state index in [9.17, 15) is 9.59 Å². The van der Waals surface area contributed by atoms with Crippen molar-refractivity contribution in [1.29, 1.82) is 0 Å². The largest absolute Gasteiger partial charge is 0.480 e. The zero-order valence-electron chi connectivity index (χ0n) is 12.2. The summed E-state index contributed by atoms with van der Waals surface area (Å²) in [4.78, 5) is 23.9. The summed E-state index contributed by atoms with van der Waals surface area (Å²) in [7, 11) is 0. The number of carboxylic acid groups (broad SMARTS) is 1. The third kappa shape index (κ3) is 4.19. The van der Waals surface area contributed by atoms with Crippen molar-refractivity contribution >= 4 is 12.0 Å². The van der Waals surface area contributed by atoms with E-state index in [2.05, 4.69) is 10.4 Å². The first-order valence-corrected chi connectivity index (χ1v) is 6.75. The zero-order valence-corrected chi connectivity index (χ0v) is 12.2. The van der Waals surface area contributed by atoms with Crippen LogP contribution in [0.3, 0.4) is 0 Å². The molecule has 8 nitrogen and oxygen atoms in total. The average molecular weight is 296 g/mol. The third-order valence-corrected chi connectivity index (χ3v) is 3.26. The van der Waals surface area contributed by atoms with Gasteiger partial charge in [0.1, 0.15) is 12.2 Å². The number of aryl methyl sites for hydroxylation is 1. The number of urea groups is 1. The molecule has 0 bridgehead atoms. The number of carbonyl (C=O) groups excluding carboxylic acids is 1. The standard InChI is InChI=1S/C13H20N4O4/c1-10-5-15-17(6-10)4-3-14-12(20)16-8-13(2,9-16)21-7-11(18)19/h5-6H,3-4,7-9H2,1-2H3,(H,14,20)(H,18,19). The van der Waals surface area contributed by atoms with Crippen molar-refractivity contribution in [3.8, 4) is 0 Å². The van der Waals surface area contributed by atoms with Crippen molar-refractivity contribution < 1.29 is 19.4 Å². The lowest BCUT2D eigenvalue weighted by molar-refractivity contribution is -0.159. The number of ether oxygens (including phenoxy) is 1. The maximum atomic E-state index is 11.9. The van der Waals surface area contributed by atoms with E-state index in [-0.39, 0.29) is 12.6 Å². The fourth-order valence-corrected chi connectivity index (χ4v) is 2.21. The van der Waals surface area contributed by atoms with Crippen molar-refractivity contribution in [2.24, 2.45) is 0 Å². The van der Waals surface area contributed by atoms with Crippen LogP contribution in [0.25, 0.3) is 0 Å². The van der Waals surface area contributed by atoms with Crippen LogP contribution in [-0.4, -0.2) is 63.6 Å². The molecule has 2 rings (SSSR count). The minimum absolute atomic E-state index is 0.171. The van der Waals surface area contributed by atoms with Gasteiger partial charge in [-0.2, -0.15) is 5.10 Å². The predicted molar refractivity (Wildman–Crippen MR) is 73.9 cm³/mol. The lowest BCUT2D eigenvalue weighted by Gasteiger charge is -2.46. The van der Waals surface area contributed by atoms with Crippen LogP contribution in [0.15, 0.2) is 12.4 Å². The predicted octanol–water partition coefficient (Wildman–Crippen LogP) is 0.0766. The smallest absolute Gasteiger partial charge is 0.329 e. The number of amides is 2. The molecule has 0 radical (unpaired) electrons. The van der Waals surface area contributed by atoms with Crippen molar-refractivity contribution in [2.45, 2.75) is 26.0 Å². The molecule has 2 heterocycles. The Morgan fingerprint density at radius 3 is 2.81 bits per heavy atom. The fourth-order valence-electron chi connectivity index (χ4n) is 2.21. The van der Waals surface area contributed by atoms with Crippen LogP contribution in [0.5, 0.6) is 0 Å². The zero-order chi connectivity index (χ0) is 15.5. The van der Waals surface area contributed by atoms with Crippen molar-refractivity contribution in [1.82, 2.24) is 20.0 Å². The van der Waals surface area contributed by atoms with Gasteiger partial charge in [-0.1, -0.05) is 0 Å². The number of likely N-dealkylation sites (tertiary alicyclic amines) is 1. The summed E-state index contributed by atoms with van der Waals surface area (Å²) in [6.45, 7) is 5.31. The Labute approximate surface area is 122 Å². The highest BCUT2D eigenvalue weighted by Crippen LogP contribution is 2.24. The van der Waals surface area contributed by atoms with Gasteiger partial charge in [0.05, 0.1) is 25.8 Å². The van der Waals surface area contributed by atoms with Crippen LogP contribution in [0.4, 0.5) is 4.79 Å². The number of carbonyl (C=O) groups is 2. The molecule has 0 saturated carbocycles. The summed E-state index contributed by atoms with van der Waals surface area (Å²) < 4.78 is 7.02.